The van der Waals surface area contributed by atoms with Gasteiger partial charge in [0.1, 0.15) is 0 Å². The molecule has 0 heterocycles. The van der Waals surface area contributed by atoms with Gasteiger partial charge in [-0.25, -0.2) is 0 Å². The van der Waals surface area contributed by atoms with Crippen molar-refractivity contribution in [2.45, 2.75) is 65.2 Å². The van der Waals surface area contributed by atoms with E-state index < -0.39 is 0 Å². The van der Waals surface area contributed by atoms with Crippen LogP contribution >= 0.6 is 0 Å². The maximum absolute atomic E-state index is 9.85. The van der Waals surface area contributed by atoms with Crippen LogP contribution in [0.3, 0.4) is 0 Å². The number of hydrogen-bond acceptors (Lipinski definition) is 1. The van der Waals surface area contributed by atoms with Gasteiger partial charge in [0.2, 0.25) is 0 Å². The molecule has 0 radical (unpaired) electrons. The molecule has 4 bridgehead atoms. The number of hydrogen-bond donors (Lipinski definition) is 1. The SMILES string of the molecule is CCC12CC3CC(CC)(C1)CC(CO)(C3)C2. The normalized spacial score (nSPS) is 54.6. The maximum atomic E-state index is 9.85. The molecular formula is C15H26O. The van der Waals surface area contributed by atoms with Crippen LogP contribution in [0.2, 0.25) is 0 Å². The fourth-order valence-electron chi connectivity index (χ4n) is 6.03. The fraction of sp³-hybridized carbons (Fsp3) is 1.00. The highest BCUT2D eigenvalue weighted by atomic mass is 16.3. The second-order valence-electron chi connectivity index (χ2n) is 7.37. The average Bonchev–Trinajstić information content (AvgIpc) is 2.28. The average molecular weight is 222 g/mol. The van der Waals surface area contributed by atoms with Crippen molar-refractivity contribution in [2.75, 3.05) is 6.61 Å². The highest BCUT2D eigenvalue weighted by molar-refractivity contribution is 5.11. The van der Waals surface area contributed by atoms with E-state index in [9.17, 15) is 5.11 Å². The molecule has 0 amide bonds. The topological polar surface area (TPSA) is 20.2 Å². The third-order valence-electron chi connectivity index (χ3n) is 6.25. The van der Waals surface area contributed by atoms with Crippen LogP contribution in [0.25, 0.3) is 0 Å². The lowest BCUT2D eigenvalue weighted by molar-refractivity contribution is -0.175. The minimum atomic E-state index is 0.325. The molecule has 4 aliphatic rings. The van der Waals surface area contributed by atoms with Gasteiger partial charge in [0, 0.05) is 6.61 Å². The Bertz CT molecular complexity index is 240. The zero-order valence-corrected chi connectivity index (χ0v) is 10.9. The van der Waals surface area contributed by atoms with E-state index in [0.717, 1.165) is 5.92 Å². The Kier molecular flexibility index (Phi) is 2.25. The molecule has 4 saturated carbocycles. The molecule has 2 atom stereocenters. The Hall–Kier alpha value is -0.0400. The van der Waals surface area contributed by atoms with Crippen molar-refractivity contribution in [3.63, 3.8) is 0 Å². The van der Waals surface area contributed by atoms with Gasteiger partial charge in [-0.2, -0.15) is 0 Å². The van der Waals surface area contributed by atoms with Crippen molar-refractivity contribution in [2.24, 2.45) is 22.2 Å². The lowest BCUT2D eigenvalue weighted by Gasteiger charge is -2.66. The Labute approximate surface area is 99.6 Å². The molecular weight excluding hydrogens is 196 g/mol. The first-order chi connectivity index (χ1) is 7.59. The minimum Gasteiger partial charge on any atom is -0.396 e. The molecule has 1 nitrogen and oxygen atoms in total. The van der Waals surface area contributed by atoms with Crippen molar-refractivity contribution in [3.05, 3.63) is 0 Å². The Morgan fingerprint density at radius 1 is 0.875 bits per heavy atom. The predicted molar refractivity (Wildman–Crippen MR) is 66.2 cm³/mol. The van der Waals surface area contributed by atoms with Gasteiger partial charge in [0.15, 0.2) is 0 Å². The smallest absolute Gasteiger partial charge is 0.0487 e. The van der Waals surface area contributed by atoms with E-state index >= 15 is 0 Å². The van der Waals surface area contributed by atoms with Crippen LogP contribution in [0, 0.1) is 22.2 Å². The summed E-state index contributed by atoms with van der Waals surface area (Å²) in [5, 5.41) is 9.85. The highest BCUT2D eigenvalue weighted by Gasteiger charge is 2.61. The van der Waals surface area contributed by atoms with Crippen LogP contribution in [-0.4, -0.2) is 11.7 Å². The van der Waals surface area contributed by atoms with E-state index in [1.807, 2.05) is 0 Å². The molecule has 0 aromatic rings. The van der Waals surface area contributed by atoms with Crippen molar-refractivity contribution < 1.29 is 5.11 Å². The van der Waals surface area contributed by atoms with Crippen LogP contribution in [0.4, 0.5) is 0 Å². The lowest BCUT2D eigenvalue weighted by Crippen LogP contribution is -2.57. The zero-order chi connectivity index (χ0) is 11.4. The number of aliphatic hydroxyl groups excluding tert-OH is 1. The van der Waals surface area contributed by atoms with Crippen LogP contribution in [0.5, 0.6) is 0 Å². The molecule has 16 heavy (non-hydrogen) atoms. The summed E-state index contributed by atoms with van der Waals surface area (Å²) in [6.07, 6.45) is 11.1. The van der Waals surface area contributed by atoms with E-state index in [1.54, 1.807) is 0 Å². The number of aliphatic hydroxyl groups is 1. The molecule has 1 heteroatoms. The van der Waals surface area contributed by atoms with Gasteiger partial charge in [-0.1, -0.05) is 26.7 Å². The first-order valence-corrected chi connectivity index (χ1v) is 7.20. The molecule has 4 aliphatic carbocycles. The number of rotatable bonds is 3. The fourth-order valence-corrected chi connectivity index (χ4v) is 6.03. The molecule has 92 valence electrons. The van der Waals surface area contributed by atoms with Crippen LogP contribution in [0.1, 0.15) is 65.2 Å². The first kappa shape index (κ1) is 11.1. The third-order valence-corrected chi connectivity index (χ3v) is 6.25. The second-order valence-corrected chi connectivity index (χ2v) is 7.37. The van der Waals surface area contributed by atoms with E-state index in [2.05, 4.69) is 13.8 Å². The summed E-state index contributed by atoms with van der Waals surface area (Å²) in [5.41, 5.74) is 1.54. The van der Waals surface area contributed by atoms with Crippen molar-refractivity contribution in [3.8, 4) is 0 Å². The van der Waals surface area contributed by atoms with Crippen molar-refractivity contribution in [1.82, 2.24) is 0 Å². The second kappa shape index (κ2) is 3.25. The van der Waals surface area contributed by atoms with E-state index in [0.29, 0.717) is 22.9 Å². The van der Waals surface area contributed by atoms with Crippen molar-refractivity contribution in [1.29, 1.82) is 0 Å². The summed E-state index contributed by atoms with van der Waals surface area (Å²) >= 11 is 0. The maximum Gasteiger partial charge on any atom is 0.0487 e. The monoisotopic (exact) mass is 222 g/mol. The molecule has 0 saturated heterocycles. The van der Waals surface area contributed by atoms with Gasteiger partial charge in [0.05, 0.1) is 0 Å². The Morgan fingerprint density at radius 3 is 1.75 bits per heavy atom. The standard InChI is InChI=1S/C15H26O/c1-3-13-5-12-6-14(4-2,8-13)10-15(7-12,9-13)11-16/h12,16H,3-11H2,1-2H3. The molecule has 0 aliphatic heterocycles. The van der Waals surface area contributed by atoms with Gasteiger partial charge in [-0.15, -0.1) is 0 Å². The third kappa shape index (κ3) is 1.33. The van der Waals surface area contributed by atoms with Gasteiger partial charge in [-0.05, 0) is 60.7 Å². The lowest BCUT2D eigenvalue weighted by atomic mass is 9.39. The Balaban J connectivity index is 1.99. The molecule has 0 aromatic carbocycles. The van der Waals surface area contributed by atoms with E-state index in [-0.39, 0.29) is 0 Å². The van der Waals surface area contributed by atoms with Crippen LogP contribution < -0.4 is 0 Å². The van der Waals surface area contributed by atoms with Crippen LogP contribution in [-0.2, 0) is 0 Å². The summed E-state index contributed by atoms with van der Waals surface area (Å²) in [6.45, 7) is 5.20. The van der Waals surface area contributed by atoms with Gasteiger partial charge in [0.25, 0.3) is 0 Å². The van der Waals surface area contributed by atoms with E-state index in [1.165, 1.54) is 51.4 Å². The summed E-state index contributed by atoms with van der Waals surface area (Å²) in [6, 6.07) is 0. The summed E-state index contributed by atoms with van der Waals surface area (Å²) < 4.78 is 0. The largest absolute Gasteiger partial charge is 0.396 e. The summed E-state index contributed by atoms with van der Waals surface area (Å²) in [7, 11) is 0. The molecule has 2 unspecified atom stereocenters. The van der Waals surface area contributed by atoms with Crippen molar-refractivity contribution >= 4 is 0 Å². The molecule has 4 rings (SSSR count). The molecule has 4 fully saturated rings. The van der Waals surface area contributed by atoms with Gasteiger partial charge in [-0.3, -0.25) is 0 Å². The summed E-state index contributed by atoms with van der Waals surface area (Å²) in [4.78, 5) is 0. The van der Waals surface area contributed by atoms with E-state index in [4.69, 9.17) is 0 Å². The minimum absolute atomic E-state index is 0.325. The summed E-state index contributed by atoms with van der Waals surface area (Å²) in [5.74, 6) is 0.934. The molecule has 0 aromatic heterocycles. The zero-order valence-electron chi connectivity index (χ0n) is 10.9. The molecule has 1 N–H and O–H groups in total. The Morgan fingerprint density at radius 2 is 1.31 bits per heavy atom. The van der Waals surface area contributed by atoms with Crippen LogP contribution in [0.15, 0.2) is 0 Å². The van der Waals surface area contributed by atoms with Gasteiger partial charge >= 0.3 is 0 Å². The quantitative estimate of drug-likeness (QED) is 0.771. The van der Waals surface area contributed by atoms with Gasteiger partial charge < -0.3 is 5.11 Å². The molecule has 0 spiro atoms. The predicted octanol–water partition coefficient (Wildman–Crippen LogP) is 3.76. The highest BCUT2D eigenvalue weighted by Crippen LogP contribution is 2.71. The first-order valence-electron chi connectivity index (χ1n) is 7.20.